The topological polar surface area (TPSA) is 83.5 Å². The third kappa shape index (κ3) is 5.69. The summed E-state index contributed by atoms with van der Waals surface area (Å²) < 4.78 is 27.6. The maximum atomic E-state index is 12.2. The van der Waals surface area contributed by atoms with E-state index in [-0.39, 0.29) is 16.9 Å². The summed E-state index contributed by atoms with van der Waals surface area (Å²) in [7, 11) is -3.69. The lowest BCUT2D eigenvalue weighted by atomic mass is 9.85. The molecule has 0 fully saturated rings. The molecule has 0 aromatic carbocycles. The van der Waals surface area contributed by atoms with Crippen LogP contribution in [0.2, 0.25) is 0 Å². The van der Waals surface area contributed by atoms with Gasteiger partial charge in [-0.3, -0.25) is 4.79 Å². The lowest BCUT2D eigenvalue weighted by Gasteiger charge is -2.23. The van der Waals surface area contributed by atoms with E-state index in [1.54, 1.807) is 6.92 Å². The summed E-state index contributed by atoms with van der Waals surface area (Å²) in [6, 6.07) is 1.53. The molecule has 1 aromatic heterocycles. The van der Waals surface area contributed by atoms with Gasteiger partial charge in [-0.25, -0.2) is 13.1 Å². The van der Waals surface area contributed by atoms with Crippen molar-refractivity contribution >= 4 is 43.3 Å². The van der Waals surface area contributed by atoms with Crippen LogP contribution in [-0.2, 0) is 14.8 Å². The number of hydrogen-bond donors (Lipinski definition) is 2. The summed E-state index contributed by atoms with van der Waals surface area (Å²) in [6.45, 7) is 7.39. The van der Waals surface area contributed by atoms with Crippen LogP contribution in [0.5, 0.6) is 0 Å². The summed E-state index contributed by atoms with van der Waals surface area (Å²) in [5.41, 5.74) is -0.185. The van der Waals surface area contributed by atoms with E-state index < -0.39 is 21.9 Å². The quantitative estimate of drug-likeness (QED) is 0.771. The minimum absolute atomic E-state index is 0.109. The molecule has 8 heteroatoms. The minimum Gasteiger partial charge on any atom is -0.481 e. The highest BCUT2D eigenvalue weighted by Crippen LogP contribution is 2.30. The van der Waals surface area contributed by atoms with Gasteiger partial charge in [-0.15, -0.1) is 11.3 Å². The highest BCUT2D eigenvalue weighted by atomic mass is 79.9. The molecule has 0 bridgehead atoms. The molecule has 1 rings (SSSR count). The van der Waals surface area contributed by atoms with Crippen molar-refractivity contribution in [3.8, 4) is 0 Å². The third-order valence-electron chi connectivity index (χ3n) is 2.86. The van der Waals surface area contributed by atoms with E-state index in [4.69, 9.17) is 0 Å². The van der Waals surface area contributed by atoms with E-state index in [1.807, 2.05) is 20.8 Å². The number of carbonyl (C=O) groups is 1. The van der Waals surface area contributed by atoms with Crippen LogP contribution in [0.25, 0.3) is 0 Å². The minimum atomic E-state index is -3.69. The maximum absolute atomic E-state index is 12.2. The fourth-order valence-electron chi connectivity index (χ4n) is 1.97. The van der Waals surface area contributed by atoms with Gasteiger partial charge in [-0.1, -0.05) is 20.8 Å². The SMILES string of the molecule is Cc1sc(Br)cc1S(=O)(=O)NCC(CC(C)(C)C)C(=O)O. The lowest BCUT2D eigenvalue weighted by Crippen LogP contribution is -2.35. The molecule has 1 atom stereocenters. The molecule has 0 saturated heterocycles. The molecule has 0 aliphatic carbocycles. The number of thiophene rings is 1. The summed E-state index contributed by atoms with van der Waals surface area (Å²) in [5, 5.41) is 9.22. The second-order valence-electron chi connectivity index (χ2n) is 6.12. The van der Waals surface area contributed by atoms with E-state index in [1.165, 1.54) is 17.4 Å². The number of sulfonamides is 1. The lowest BCUT2D eigenvalue weighted by molar-refractivity contribution is -0.142. The van der Waals surface area contributed by atoms with E-state index in [9.17, 15) is 18.3 Å². The van der Waals surface area contributed by atoms with Gasteiger partial charge in [0.25, 0.3) is 0 Å². The number of carboxylic acid groups (broad SMARTS) is 1. The number of rotatable bonds is 6. The maximum Gasteiger partial charge on any atom is 0.307 e. The molecule has 0 amide bonds. The Bertz CT molecular complexity index is 617. The first-order chi connectivity index (χ1) is 9.42. The van der Waals surface area contributed by atoms with Crippen molar-refractivity contribution < 1.29 is 18.3 Å². The Labute approximate surface area is 137 Å². The van der Waals surface area contributed by atoms with Crippen LogP contribution in [0.15, 0.2) is 14.7 Å². The molecule has 2 N–H and O–H groups in total. The van der Waals surface area contributed by atoms with Crippen LogP contribution in [0.1, 0.15) is 32.1 Å². The molecule has 0 spiro atoms. The largest absolute Gasteiger partial charge is 0.481 e. The van der Waals surface area contributed by atoms with Gasteiger partial charge >= 0.3 is 5.97 Å². The number of hydrogen-bond acceptors (Lipinski definition) is 4. The van der Waals surface area contributed by atoms with Gasteiger partial charge < -0.3 is 5.11 Å². The second-order valence-corrected chi connectivity index (χ2v) is 10.5. The zero-order valence-corrected chi connectivity index (χ0v) is 15.7. The summed E-state index contributed by atoms with van der Waals surface area (Å²) in [6.07, 6.45) is 0.400. The number of halogens is 1. The van der Waals surface area contributed by atoms with Crippen LogP contribution in [0, 0.1) is 18.3 Å². The average Bonchev–Trinajstić information content (AvgIpc) is 2.63. The van der Waals surface area contributed by atoms with Crippen LogP contribution in [0.3, 0.4) is 0 Å². The van der Waals surface area contributed by atoms with Crippen molar-refractivity contribution in [2.24, 2.45) is 11.3 Å². The van der Waals surface area contributed by atoms with Gasteiger partial charge in [0, 0.05) is 11.4 Å². The third-order valence-corrected chi connectivity index (χ3v) is 6.09. The fourth-order valence-corrected chi connectivity index (χ4v) is 5.47. The summed E-state index contributed by atoms with van der Waals surface area (Å²) >= 11 is 4.58. The number of carboxylic acids is 1. The standard InChI is InChI=1S/C13H20BrNO4S2/c1-8-10(5-11(14)20-8)21(18,19)15-7-9(12(16)17)6-13(2,3)4/h5,9,15H,6-7H2,1-4H3,(H,16,17). The predicted octanol–water partition coefficient (Wildman–Crippen LogP) is 3.23. The number of nitrogens with one attached hydrogen (secondary N) is 1. The van der Waals surface area contributed by atoms with Crippen LogP contribution >= 0.6 is 27.3 Å². The number of aliphatic carboxylic acids is 1. The Kier molecular flexibility index (Phi) is 5.99. The van der Waals surface area contributed by atoms with Gasteiger partial charge in [-0.05, 0) is 40.8 Å². The van der Waals surface area contributed by atoms with Gasteiger partial charge in [-0.2, -0.15) is 0 Å². The highest BCUT2D eigenvalue weighted by molar-refractivity contribution is 9.11. The Balaban J connectivity index is 2.84. The molecule has 21 heavy (non-hydrogen) atoms. The van der Waals surface area contributed by atoms with Crippen molar-refractivity contribution in [1.82, 2.24) is 4.72 Å². The van der Waals surface area contributed by atoms with Crippen molar-refractivity contribution in [3.05, 3.63) is 14.7 Å². The molecule has 120 valence electrons. The molecule has 0 radical (unpaired) electrons. The molecular weight excluding hydrogens is 378 g/mol. The van der Waals surface area contributed by atoms with Gasteiger partial charge in [0.05, 0.1) is 14.6 Å². The monoisotopic (exact) mass is 397 g/mol. The molecule has 5 nitrogen and oxygen atoms in total. The highest BCUT2D eigenvalue weighted by Gasteiger charge is 2.27. The average molecular weight is 398 g/mol. The summed E-state index contributed by atoms with van der Waals surface area (Å²) in [4.78, 5) is 12.1. The van der Waals surface area contributed by atoms with Crippen molar-refractivity contribution in [2.75, 3.05) is 6.54 Å². The first kappa shape index (κ1) is 18.6. The molecular formula is C13H20BrNO4S2. The Morgan fingerprint density at radius 1 is 1.48 bits per heavy atom. The first-order valence-electron chi connectivity index (χ1n) is 6.41. The molecule has 0 aliphatic heterocycles. The smallest absolute Gasteiger partial charge is 0.307 e. The van der Waals surface area contributed by atoms with Crippen LogP contribution < -0.4 is 4.72 Å². The molecule has 1 aromatic rings. The van der Waals surface area contributed by atoms with Crippen LogP contribution in [0.4, 0.5) is 0 Å². The first-order valence-corrected chi connectivity index (χ1v) is 9.50. The molecule has 1 heterocycles. The molecule has 1 unspecified atom stereocenters. The zero-order valence-electron chi connectivity index (χ0n) is 12.4. The van der Waals surface area contributed by atoms with Crippen molar-refractivity contribution in [3.63, 3.8) is 0 Å². The Morgan fingerprint density at radius 3 is 2.43 bits per heavy atom. The van der Waals surface area contributed by atoms with Gasteiger partial charge in [0.2, 0.25) is 10.0 Å². The van der Waals surface area contributed by atoms with Crippen molar-refractivity contribution in [2.45, 2.75) is 39.0 Å². The molecule has 0 aliphatic rings. The van der Waals surface area contributed by atoms with E-state index in [0.717, 1.165) is 3.79 Å². The van der Waals surface area contributed by atoms with Gasteiger partial charge in [0.15, 0.2) is 0 Å². The van der Waals surface area contributed by atoms with Gasteiger partial charge in [0.1, 0.15) is 0 Å². The number of aryl methyl sites for hydroxylation is 1. The summed E-state index contributed by atoms with van der Waals surface area (Å²) in [5.74, 6) is -1.74. The van der Waals surface area contributed by atoms with E-state index in [2.05, 4.69) is 20.7 Å². The van der Waals surface area contributed by atoms with Crippen LogP contribution in [-0.4, -0.2) is 26.0 Å². The van der Waals surface area contributed by atoms with E-state index >= 15 is 0 Å². The zero-order chi connectivity index (χ0) is 16.4. The fraction of sp³-hybridized carbons (Fsp3) is 0.615. The van der Waals surface area contributed by atoms with E-state index in [0.29, 0.717) is 11.3 Å². The Morgan fingerprint density at radius 2 is 2.05 bits per heavy atom. The predicted molar refractivity (Wildman–Crippen MR) is 87.1 cm³/mol. The second kappa shape index (κ2) is 6.76. The Hall–Kier alpha value is -0.440. The molecule has 0 saturated carbocycles. The van der Waals surface area contributed by atoms with Crippen molar-refractivity contribution in [1.29, 1.82) is 0 Å². The normalized spacial score (nSPS) is 14.1.